The lowest BCUT2D eigenvalue weighted by atomic mass is 10.1. The Kier molecular flexibility index (Phi) is 4.93. The fourth-order valence-electron chi connectivity index (χ4n) is 4.05. The third kappa shape index (κ3) is 3.59. The van der Waals surface area contributed by atoms with Crippen molar-refractivity contribution in [2.45, 2.75) is 13.5 Å². The Morgan fingerprint density at radius 1 is 1.03 bits per heavy atom. The van der Waals surface area contributed by atoms with Gasteiger partial charge in [-0.3, -0.25) is 10.1 Å². The SMILES string of the molecule is CCNCc1cncc(-c2cnc3n[nH]c(-c4nc5c(-c6ccsc6)cccc5[nH]4)c3c2)c1. The van der Waals surface area contributed by atoms with Gasteiger partial charge in [-0.15, -0.1) is 0 Å². The van der Waals surface area contributed by atoms with Crippen molar-refractivity contribution in [2.75, 3.05) is 6.54 Å². The Bertz CT molecular complexity index is 1560. The molecule has 0 atom stereocenters. The number of H-pyrrole nitrogens is 2. The minimum atomic E-state index is 0.657. The highest BCUT2D eigenvalue weighted by Gasteiger charge is 2.16. The number of fused-ring (bicyclic) bond motifs is 2. The molecule has 8 heteroatoms. The van der Waals surface area contributed by atoms with Crippen LogP contribution in [0.1, 0.15) is 12.5 Å². The number of nitrogens with zero attached hydrogens (tertiary/aromatic N) is 4. The molecular weight excluding hydrogens is 430 g/mol. The Morgan fingerprint density at radius 2 is 1.97 bits per heavy atom. The van der Waals surface area contributed by atoms with Crippen molar-refractivity contribution in [3.05, 3.63) is 71.3 Å². The van der Waals surface area contributed by atoms with Crippen molar-refractivity contribution >= 4 is 33.4 Å². The number of imidazole rings is 1. The summed E-state index contributed by atoms with van der Waals surface area (Å²) in [7, 11) is 0. The van der Waals surface area contributed by atoms with Crippen LogP contribution in [-0.4, -0.2) is 36.7 Å². The number of aromatic amines is 2. The summed E-state index contributed by atoms with van der Waals surface area (Å²) in [5.41, 5.74) is 8.85. The molecule has 0 aliphatic rings. The van der Waals surface area contributed by atoms with Crippen LogP contribution in [0.15, 0.2) is 65.7 Å². The number of benzene rings is 1. The molecule has 0 amide bonds. The average Bonchev–Trinajstić information content (AvgIpc) is 3.61. The number of para-hydroxylation sites is 1. The van der Waals surface area contributed by atoms with E-state index in [1.807, 2.05) is 24.7 Å². The van der Waals surface area contributed by atoms with Crippen molar-refractivity contribution in [3.8, 4) is 33.8 Å². The van der Waals surface area contributed by atoms with E-state index in [4.69, 9.17) is 4.98 Å². The zero-order valence-electron chi connectivity index (χ0n) is 18.0. The zero-order chi connectivity index (χ0) is 22.2. The molecule has 6 rings (SSSR count). The smallest absolute Gasteiger partial charge is 0.181 e. The summed E-state index contributed by atoms with van der Waals surface area (Å²) in [6.07, 6.45) is 5.60. The highest BCUT2D eigenvalue weighted by Crippen LogP contribution is 2.33. The summed E-state index contributed by atoms with van der Waals surface area (Å²) >= 11 is 1.68. The van der Waals surface area contributed by atoms with E-state index in [0.29, 0.717) is 5.65 Å². The first kappa shape index (κ1) is 19.8. The number of rotatable bonds is 6. The molecule has 0 spiro atoms. The maximum absolute atomic E-state index is 4.94. The second kappa shape index (κ2) is 8.23. The normalized spacial score (nSPS) is 11.5. The van der Waals surface area contributed by atoms with Gasteiger partial charge in [0.15, 0.2) is 11.5 Å². The largest absolute Gasteiger partial charge is 0.337 e. The van der Waals surface area contributed by atoms with Gasteiger partial charge in [0, 0.05) is 41.8 Å². The standard InChI is InChI=1S/C25H21N7S/c1-2-26-10-15-8-17(12-27-11-15)18-9-20-23(31-32-24(20)28-13-18)25-29-21-5-3-4-19(22(21)30-25)16-6-7-33-14-16/h3-9,11-14,26H,2,10H2,1H3,(H,29,30)(H,28,31,32). The topological polar surface area (TPSA) is 95.2 Å². The second-order valence-electron chi connectivity index (χ2n) is 7.86. The summed E-state index contributed by atoms with van der Waals surface area (Å²) < 4.78 is 0. The van der Waals surface area contributed by atoms with E-state index >= 15 is 0 Å². The number of pyridine rings is 2. The quantitative estimate of drug-likeness (QED) is 0.315. The van der Waals surface area contributed by atoms with Crippen molar-refractivity contribution in [1.82, 2.24) is 35.5 Å². The number of thiophene rings is 1. The Morgan fingerprint density at radius 3 is 2.85 bits per heavy atom. The van der Waals surface area contributed by atoms with Gasteiger partial charge in [-0.1, -0.05) is 19.1 Å². The predicted octanol–water partition coefficient (Wildman–Crippen LogP) is 5.40. The number of nitrogens with one attached hydrogen (secondary N) is 3. The molecule has 0 aliphatic heterocycles. The molecule has 0 bridgehead atoms. The zero-order valence-corrected chi connectivity index (χ0v) is 18.8. The van der Waals surface area contributed by atoms with Gasteiger partial charge in [0.1, 0.15) is 5.69 Å². The van der Waals surface area contributed by atoms with E-state index in [9.17, 15) is 0 Å². The lowest BCUT2D eigenvalue weighted by molar-refractivity contribution is 0.724. The van der Waals surface area contributed by atoms with Crippen LogP contribution in [0.3, 0.4) is 0 Å². The minimum absolute atomic E-state index is 0.657. The molecule has 162 valence electrons. The maximum Gasteiger partial charge on any atom is 0.181 e. The highest BCUT2D eigenvalue weighted by molar-refractivity contribution is 7.08. The van der Waals surface area contributed by atoms with Gasteiger partial charge in [0.2, 0.25) is 0 Å². The van der Waals surface area contributed by atoms with E-state index < -0.39 is 0 Å². The third-order valence-corrected chi connectivity index (χ3v) is 6.38. The van der Waals surface area contributed by atoms with E-state index in [2.05, 4.69) is 78.5 Å². The fourth-order valence-corrected chi connectivity index (χ4v) is 4.71. The summed E-state index contributed by atoms with van der Waals surface area (Å²) in [4.78, 5) is 17.4. The van der Waals surface area contributed by atoms with Crippen molar-refractivity contribution in [3.63, 3.8) is 0 Å². The Balaban J connectivity index is 1.44. The monoisotopic (exact) mass is 451 g/mol. The number of hydrogen-bond acceptors (Lipinski definition) is 6. The van der Waals surface area contributed by atoms with Crippen LogP contribution in [0.2, 0.25) is 0 Å². The van der Waals surface area contributed by atoms with E-state index in [0.717, 1.165) is 63.3 Å². The Labute approximate surface area is 194 Å². The van der Waals surface area contributed by atoms with Crippen molar-refractivity contribution in [2.24, 2.45) is 0 Å². The van der Waals surface area contributed by atoms with Gasteiger partial charge in [-0.2, -0.15) is 16.4 Å². The van der Waals surface area contributed by atoms with Crippen molar-refractivity contribution < 1.29 is 0 Å². The molecule has 0 radical (unpaired) electrons. The van der Waals surface area contributed by atoms with Gasteiger partial charge >= 0.3 is 0 Å². The molecule has 6 aromatic rings. The first-order valence-electron chi connectivity index (χ1n) is 10.8. The van der Waals surface area contributed by atoms with Crippen LogP contribution in [0.5, 0.6) is 0 Å². The molecular formula is C25H21N7S. The van der Waals surface area contributed by atoms with Crippen LogP contribution in [0.25, 0.3) is 55.8 Å². The lowest BCUT2D eigenvalue weighted by Gasteiger charge is -2.05. The highest BCUT2D eigenvalue weighted by atomic mass is 32.1. The fraction of sp³-hybridized carbons (Fsp3) is 0.120. The molecule has 7 nitrogen and oxygen atoms in total. The van der Waals surface area contributed by atoms with Gasteiger partial charge in [-0.05, 0) is 52.7 Å². The molecule has 0 fully saturated rings. The first-order valence-corrected chi connectivity index (χ1v) is 11.8. The summed E-state index contributed by atoms with van der Waals surface area (Å²) in [6.45, 7) is 3.80. The molecule has 5 heterocycles. The molecule has 3 N–H and O–H groups in total. The second-order valence-corrected chi connectivity index (χ2v) is 8.64. The van der Waals surface area contributed by atoms with Crippen LogP contribution < -0.4 is 5.32 Å². The molecule has 1 aromatic carbocycles. The van der Waals surface area contributed by atoms with E-state index in [1.54, 1.807) is 11.3 Å². The molecule has 33 heavy (non-hydrogen) atoms. The van der Waals surface area contributed by atoms with E-state index in [1.165, 1.54) is 5.56 Å². The summed E-state index contributed by atoms with van der Waals surface area (Å²) in [5.74, 6) is 0.744. The first-order chi connectivity index (χ1) is 16.3. The van der Waals surface area contributed by atoms with Crippen molar-refractivity contribution in [1.29, 1.82) is 0 Å². The third-order valence-electron chi connectivity index (χ3n) is 5.70. The van der Waals surface area contributed by atoms with E-state index in [-0.39, 0.29) is 0 Å². The lowest BCUT2D eigenvalue weighted by Crippen LogP contribution is -2.11. The predicted molar refractivity (Wildman–Crippen MR) is 133 cm³/mol. The molecule has 0 aliphatic carbocycles. The summed E-state index contributed by atoms with van der Waals surface area (Å²) in [5, 5.41) is 16.0. The number of aromatic nitrogens is 6. The van der Waals surface area contributed by atoms with Crippen LogP contribution in [0, 0.1) is 0 Å². The number of hydrogen-bond donors (Lipinski definition) is 3. The van der Waals surface area contributed by atoms with Gasteiger partial charge in [0.25, 0.3) is 0 Å². The molecule has 0 saturated carbocycles. The van der Waals surface area contributed by atoms with Crippen LogP contribution >= 0.6 is 11.3 Å². The van der Waals surface area contributed by atoms with Crippen LogP contribution in [0.4, 0.5) is 0 Å². The van der Waals surface area contributed by atoms with Gasteiger partial charge in [-0.25, -0.2) is 9.97 Å². The Hall–Kier alpha value is -3.88. The van der Waals surface area contributed by atoms with Crippen LogP contribution in [-0.2, 0) is 6.54 Å². The van der Waals surface area contributed by atoms with Gasteiger partial charge < -0.3 is 10.3 Å². The molecule has 0 saturated heterocycles. The van der Waals surface area contributed by atoms with Gasteiger partial charge in [0.05, 0.1) is 16.4 Å². The summed E-state index contributed by atoms with van der Waals surface area (Å²) in [6, 6.07) is 12.6. The molecule has 5 aromatic heterocycles. The maximum atomic E-state index is 4.94. The molecule has 0 unspecified atom stereocenters. The minimum Gasteiger partial charge on any atom is -0.337 e. The average molecular weight is 452 g/mol.